The first kappa shape index (κ1) is 13.5. The summed E-state index contributed by atoms with van der Waals surface area (Å²) in [5, 5.41) is 19.1. The van der Waals surface area contributed by atoms with Gasteiger partial charge >= 0.3 is 5.97 Å². The number of hydrogen-bond acceptors (Lipinski definition) is 3. The molecular weight excluding hydrogens is 220 g/mol. The van der Waals surface area contributed by atoms with E-state index in [2.05, 4.69) is 0 Å². The predicted octanol–water partition coefficient (Wildman–Crippen LogP) is 1.93. The minimum Gasteiger partial charge on any atom is -0.478 e. The van der Waals surface area contributed by atoms with Crippen LogP contribution in [0.4, 0.5) is 0 Å². The van der Waals surface area contributed by atoms with E-state index in [0.29, 0.717) is 5.75 Å². The highest BCUT2D eigenvalue weighted by molar-refractivity contribution is 5.73. The summed E-state index contributed by atoms with van der Waals surface area (Å²) in [7, 11) is 0. The monoisotopic (exact) mass is 238 g/mol. The Bertz CT molecular complexity index is 367. The first-order valence-corrected chi connectivity index (χ1v) is 5.45. The Morgan fingerprint density at radius 2 is 1.76 bits per heavy atom. The lowest BCUT2D eigenvalue weighted by atomic mass is 9.86. The molecule has 0 bridgehead atoms. The Hall–Kier alpha value is -1.55. The van der Waals surface area contributed by atoms with Crippen LogP contribution in [0, 0.1) is 5.41 Å². The number of benzene rings is 1. The van der Waals surface area contributed by atoms with Crippen LogP contribution in [0.5, 0.6) is 5.75 Å². The zero-order chi connectivity index (χ0) is 13.1. The molecule has 4 nitrogen and oxygen atoms in total. The van der Waals surface area contributed by atoms with Gasteiger partial charge in [0.1, 0.15) is 11.9 Å². The van der Waals surface area contributed by atoms with E-state index in [1.54, 1.807) is 45.0 Å². The standard InChI is InChI=1S/C13H18O4/c1-13(2,3)11(14)10(12(15)16)17-9-7-5-4-6-8-9/h4-8,10-11,14H,1-3H3,(H,15,16)/t10-,11+/m0/s1. The smallest absolute Gasteiger partial charge is 0.347 e. The summed E-state index contributed by atoms with van der Waals surface area (Å²) in [4.78, 5) is 11.1. The number of aliphatic hydroxyl groups is 1. The summed E-state index contributed by atoms with van der Waals surface area (Å²) in [5.74, 6) is -0.737. The third kappa shape index (κ3) is 3.75. The van der Waals surface area contributed by atoms with E-state index in [4.69, 9.17) is 9.84 Å². The molecule has 0 fully saturated rings. The van der Waals surface area contributed by atoms with E-state index in [-0.39, 0.29) is 0 Å². The Morgan fingerprint density at radius 3 is 2.18 bits per heavy atom. The lowest BCUT2D eigenvalue weighted by molar-refractivity contribution is -0.154. The fraction of sp³-hybridized carbons (Fsp3) is 0.462. The SMILES string of the molecule is CC(C)(C)[C@H](O)[C@H](Oc1ccccc1)C(=O)O. The molecule has 0 aromatic heterocycles. The number of aliphatic hydroxyl groups excluding tert-OH is 1. The van der Waals surface area contributed by atoms with Gasteiger partial charge in [0, 0.05) is 0 Å². The van der Waals surface area contributed by atoms with Gasteiger partial charge in [-0.1, -0.05) is 39.0 Å². The summed E-state index contributed by atoms with van der Waals surface area (Å²) in [5.41, 5.74) is -0.558. The highest BCUT2D eigenvalue weighted by atomic mass is 16.5. The van der Waals surface area contributed by atoms with Crippen LogP contribution in [0.25, 0.3) is 0 Å². The van der Waals surface area contributed by atoms with Crippen molar-refractivity contribution in [1.82, 2.24) is 0 Å². The number of aliphatic carboxylic acids is 1. The van der Waals surface area contributed by atoms with Crippen molar-refractivity contribution in [3.05, 3.63) is 30.3 Å². The summed E-state index contributed by atoms with van der Waals surface area (Å²) >= 11 is 0. The van der Waals surface area contributed by atoms with Gasteiger partial charge in [-0.2, -0.15) is 0 Å². The molecule has 0 unspecified atom stereocenters. The Balaban J connectivity index is 2.85. The number of ether oxygens (including phenoxy) is 1. The normalized spacial score (nSPS) is 15.1. The number of carboxylic acids is 1. The minimum absolute atomic E-state index is 0.434. The number of para-hydroxylation sites is 1. The summed E-state index contributed by atoms with van der Waals surface area (Å²) in [6.45, 7) is 5.30. The average molecular weight is 238 g/mol. The summed E-state index contributed by atoms with van der Waals surface area (Å²) < 4.78 is 5.31. The molecule has 0 aliphatic heterocycles. The lowest BCUT2D eigenvalue weighted by Gasteiger charge is -2.30. The van der Waals surface area contributed by atoms with Gasteiger partial charge in [-0.25, -0.2) is 4.79 Å². The second kappa shape index (κ2) is 5.19. The molecule has 0 heterocycles. The van der Waals surface area contributed by atoms with Crippen LogP contribution in [0.15, 0.2) is 30.3 Å². The lowest BCUT2D eigenvalue weighted by Crippen LogP contribution is -2.46. The maximum Gasteiger partial charge on any atom is 0.347 e. The number of carboxylic acid groups (broad SMARTS) is 1. The van der Waals surface area contributed by atoms with Crippen LogP contribution in [0.2, 0.25) is 0 Å². The van der Waals surface area contributed by atoms with Gasteiger partial charge < -0.3 is 14.9 Å². The van der Waals surface area contributed by atoms with Crippen molar-refractivity contribution in [2.24, 2.45) is 5.41 Å². The molecule has 0 aliphatic rings. The van der Waals surface area contributed by atoms with Crippen LogP contribution in [0.1, 0.15) is 20.8 Å². The zero-order valence-corrected chi connectivity index (χ0v) is 10.3. The molecule has 4 heteroatoms. The van der Waals surface area contributed by atoms with Crippen molar-refractivity contribution in [3.63, 3.8) is 0 Å². The van der Waals surface area contributed by atoms with Crippen LogP contribution in [-0.2, 0) is 4.79 Å². The van der Waals surface area contributed by atoms with Gasteiger partial charge in [0.15, 0.2) is 0 Å². The molecule has 0 saturated heterocycles. The molecule has 1 aromatic carbocycles. The second-order valence-corrected chi connectivity index (χ2v) is 5.00. The van der Waals surface area contributed by atoms with Gasteiger partial charge in [0.05, 0.1) is 0 Å². The van der Waals surface area contributed by atoms with Crippen LogP contribution >= 0.6 is 0 Å². The maximum atomic E-state index is 11.1. The second-order valence-electron chi connectivity index (χ2n) is 5.00. The predicted molar refractivity (Wildman–Crippen MR) is 64.0 cm³/mol. The molecule has 0 aliphatic carbocycles. The number of carbonyl (C=O) groups is 1. The van der Waals surface area contributed by atoms with E-state index < -0.39 is 23.6 Å². The topological polar surface area (TPSA) is 66.8 Å². The van der Waals surface area contributed by atoms with Crippen molar-refractivity contribution in [3.8, 4) is 5.75 Å². The van der Waals surface area contributed by atoms with E-state index in [0.717, 1.165) is 0 Å². The zero-order valence-electron chi connectivity index (χ0n) is 10.3. The summed E-state index contributed by atoms with van der Waals surface area (Å²) in [6, 6.07) is 8.62. The third-order valence-corrected chi connectivity index (χ3v) is 2.42. The molecule has 0 amide bonds. The van der Waals surface area contributed by atoms with E-state index >= 15 is 0 Å². The van der Waals surface area contributed by atoms with Crippen molar-refractivity contribution < 1.29 is 19.7 Å². The molecule has 17 heavy (non-hydrogen) atoms. The molecule has 1 rings (SSSR count). The van der Waals surface area contributed by atoms with Crippen molar-refractivity contribution in [1.29, 1.82) is 0 Å². The quantitative estimate of drug-likeness (QED) is 0.841. The van der Waals surface area contributed by atoms with Crippen molar-refractivity contribution >= 4 is 5.97 Å². The van der Waals surface area contributed by atoms with Crippen LogP contribution in [0.3, 0.4) is 0 Å². The molecule has 0 spiro atoms. The Labute approximate surface area is 101 Å². The third-order valence-electron chi connectivity index (χ3n) is 2.42. The van der Waals surface area contributed by atoms with E-state index in [1.807, 2.05) is 6.07 Å². The molecule has 0 radical (unpaired) electrons. The Kier molecular flexibility index (Phi) is 4.12. The van der Waals surface area contributed by atoms with Crippen molar-refractivity contribution in [2.75, 3.05) is 0 Å². The molecule has 0 saturated carbocycles. The molecule has 2 N–H and O–H groups in total. The van der Waals surface area contributed by atoms with E-state index in [1.165, 1.54) is 0 Å². The fourth-order valence-corrected chi connectivity index (χ4v) is 1.35. The highest BCUT2D eigenvalue weighted by Crippen LogP contribution is 2.25. The van der Waals surface area contributed by atoms with Gasteiger partial charge in [-0.15, -0.1) is 0 Å². The van der Waals surface area contributed by atoms with Gasteiger partial charge in [-0.05, 0) is 17.5 Å². The van der Waals surface area contributed by atoms with Gasteiger partial charge in [0.2, 0.25) is 6.10 Å². The van der Waals surface area contributed by atoms with Crippen LogP contribution < -0.4 is 4.74 Å². The maximum absolute atomic E-state index is 11.1. The van der Waals surface area contributed by atoms with E-state index in [9.17, 15) is 9.90 Å². The molecule has 94 valence electrons. The van der Waals surface area contributed by atoms with Crippen LogP contribution in [-0.4, -0.2) is 28.4 Å². The molecule has 1 aromatic rings. The first-order chi connectivity index (χ1) is 7.82. The molecule has 2 atom stereocenters. The van der Waals surface area contributed by atoms with Gasteiger partial charge in [0.25, 0.3) is 0 Å². The highest BCUT2D eigenvalue weighted by Gasteiger charge is 2.37. The Morgan fingerprint density at radius 1 is 1.24 bits per heavy atom. The number of rotatable bonds is 4. The average Bonchev–Trinajstić information content (AvgIpc) is 2.24. The number of hydrogen-bond donors (Lipinski definition) is 2. The summed E-state index contributed by atoms with van der Waals surface area (Å²) in [6.07, 6.45) is -2.35. The molecular formula is C13H18O4. The fourth-order valence-electron chi connectivity index (χ4n) is 1.35. The first-order valence-electron chi connectivity index (χ1n) is 5.45. The van der Waals surface area contributed by atoms with Crippen molar-refractivity contribution in [2.45, 2.75) is 33.0 Å². The van der Waals surface area contributed by atoms with Gasteiger partial charge in [-0.3, -0.25) is 0 Å². The minimum atomic E-state index is -1.27. The largest absolute Gasteiger partial charge is 0.478 e.